The number of nitrogens with one attached hydrogen (secondary N) is 1. The van der Waals surface area contributed by atoms with Crippen LogP contribution in [-0.2, 0) is 17.5 Å². The van der Waals surface area contributed by atoms with E-state index in [1.54, 1.807) is 0 Å². The second kappa shape index (κ2) is 6.89. The molecule has 0 aliphatic carbocycles. The first-order chi connectivity index (χ1) is 10.8. The third-order valence-electron chi connectivity index (χ3n) is 3.94. The highest BCUT2D eigenvalue weighted by molar-refractivity contribution is 5.78. The largest absolute Gasteiger partial charge is 0.416 e. The summed E-state index contributed by atoms with van der Waals surface area (Å²) < 4.78 is 38.6. The molecule has 0 atom stereocenters. The first-order valence-electron chi connectivity index (χ1n) is 7.26. The molecule has 3 amide bonds. The minimum absolute atomic E-state index is 0.0142. The summed E-state index contributed by atoms with van der Waals surface area (Å²) in [5.74, 6) is -0.630. The third kappa shape index (κ3) is 4.37. The van der Waals surface area contributed by atoms with E-state index in [0.29, 0.717) is 25.9 Å². The number of alkyl halides is 3. The Morgan fingerprint density at radius 1 is 1.22 bits per heavy atom. The smallest absolute Gasteiger partial charge is 0.369 e. The highest BCUT2D eigenvalue weighted by Gasteiger charge is 2.33. The van der Waals surface area contributed by atoms with Crippen LogP contribution in [0, 0.1) is 5.92 Å². The van der Waals surface area contributed by atoms with Gasteiger partial charge in [-0.2, -0.15) is 13.2 Å². The van der Waals surface area contributed by atoms with E-state index < -0.39 is 17.8 Å². The van der Waals surface area contributed by atoms with Gasteiger partial charge in [0, 0.05) is 25.6 Å². The molecule has 1 fully saturated rings. The molecule has 8 heteroatoms. The van der Waals surface area contributed by atoms with Crippen LogP contribution < -0.4 is 11.1 Å². The Morgan fingerprint density at radius 3 is 2.39 bits per heavy atom. The van der Waals surface area contributed by atoms with Gasteiger partial charge in [0.05, 0.1) is 5.56 Å². The van der Waals surface area contributed by atoms with Crippen LogP contribution in [0.5, 0.6) is 0 Å². The number of piperidine rings is 1. The van der Waals surface area contributed by atoms with Gasteiger partial charge in [0.25, 0.3) is 0 Å². The lowest BCUT2D eigenvalue weighted by atomic mass is 9.96. The van der Waals surface area contributed by atoms with Gasteiger partial charge < -0.3 is 16.0 Å². The van der Waals surface area contributed by atoms with Crippen molar-refractivity contribution < 1.29 is 22.8 Å². The molecule has 1 aliphatic rings. The number of benzene rings is 1. The van der Waals surface area contributed by atoms with Gasteiger partial charge >= 0.3 is 12.2 Å². The lowest BCUT2D eigenvalue weighted by Crippen LogP contribution is -2.46. The number of carbonyl (C=O) groups is 2. The third-order valence-corrected chi connectivity index (χ3v) is 3.94. The maximum atomic E-state index is 12.9. The van der Waals surface area contributed by atoms with Gasteiger partial charge in [0.15, 0.2) is 0 Å². The molecule has 2 rings (SSSR count). The van der Waals surface area contributed by atoms with Crippen molar-refractivity contribution in [3.8, 4) is 0 Å². The number of urea groups is 1. The van der Waals surface area contributed by atoms with Gasteiger partial charge in [-0.3, -0.25) is 4.79 Å². The van der Waals surface area contributed by atoms with Crippen LogP contribution in [0.2, 0.25) is 0 Å². The molecule has 3 N–H and O–H groups in total. The molecule has 1 heterocycles. The van der Waals surface area contributed by atoms with Crippen LogP contribution in [0.25, 0.3) is 0 Å². The second-order valence-corrected chi connectivity index (χ2v) is 5.48. The number of nitrogens with zero attached hydrogens (tertiary/aromatic N) is 1. The highest BCUT2D eigenvalue weighted by Crippen LogP contribution is 2.31. The summed E-state index contributed by atoms with van der Waals surface area (Å²) >= 11 is 0. The van der Waals surface area contributed by atoms with E-state index in [1.807, 2.05) is 0 Å². The molecule has 1 aromatic rings. The molecular formula is C15H18F3N3O2. The summed E-state index contributed by atoms with van der Waals surface area (Å²) in [6.45, 7) is 0.519. The van der Waals surface area contributed by atoms with Crippen LogP contribution in [0.1, 0.15) is 24.0 Å². The first kappa shape index (κ1) is 17.1. The van der Waals surface area contributed by atoms with Crippen molar-refractivity contribution in [2.45, 2.75) is 25.6 Å². The van der Waals surface area contributed by atoms with Crippen molar-refractivity contribution in [2.75, 3.05) is 13.1 Å². The molecule has 5 nitrogen and oxygen atoms in total. The van der Waals surface area contributed by atoms with Crippen LogP contribution in [-0.4, -0.2) is 29.9 Å². The van der Waals surface area contributed by atoms with Crippen LogP contribution in [0.4, 0.5) is 18.0 Å². The van der Waals surface area contributed by atoms with Crippen LogP contribution in [0.3, 0.4) is 0 Å². The molecule has 0 bridgehead atoms. The topological polar surface area (TPSA) is 75.4 Å². The summed E-state index contributed by atoms with van der Waals surface area (Å²) in [5, 5.41) is 2.50. The Labute approximate surface area is 131 Å². The summed E-state index contributed by atoms with van der Waals surface area (Å²) in [6, 6.07) is 4.69. The molecule has 0 spiro atoms. The Morgan fingerprint density at radius 2 is 1.83 bits per heavy atom. The average Bonchev–Trinajstić information content (AvgIpc) is 2.52. The second-order valence-electron chi connectivity index (χ2n) is 5.48. The number of likely N-dealkylation sites (tertiary alicyclic amines) is 1. The number of amides is 3. The first-order valence-corrected chi connectivity index (χ1v) is 7.26. The fraction of sp³-hybridized carbons (Fsp3) is 0.467. The van der Waals surface area contributed by atoms with E-state index in [1.165, 1.54) is 23.1 Å². The molecule has 1 aromatic carbocycles. The van der Waals surface area contributed by atoms with Gasteiger partial charge in [-0.1, -0.05) is 18.2 Å². The molecule has 1 aliphatic heterocycles. The monoisotopic (exact) mass is 329 g/mol. The quantitative estimate of drug-likeness (QED) is 0.891. The number of hydrogen-bond donors (Lipinski definition) is 2. The number of rotatable bonds is 3. The Balaban J connectivity index is 1.92. The maximum absolute atomic E-state index is 12.9. The lowest BCUT2D eigenvalue weighted by Gasteiger charge is -2.30. The number of halogens is 3. The SMILES string of the molecule is NC(=O)C1CCN(C(=O)NCc2ccccc2C(F)(F)F)CC1. The van der Waals surface area contributed by atoms with Crippen molar-refractivity contribution in [1.82, 2.24) is 10.2 Å². The molecule has 1 saturated heterocycles. The van der Waals surface area contributed by atoms with Crippen molar-refractivity contribution in [3.63, 3.8) is 0 Å². The molecule has 0 saturated carbocycles. The van der Waals surface area contributed by atoms with Crippen LogP contribution in [0.15, 0.2) is 24.3 Å². The van der Waals surface area contributed by atoms with Crippen molar-refractivity contribution in [1.29, 1.82) is 0 Å². The number of hydrogen-bond acceptors (Lipinski definition) is 2. The lowest BCUT2D eigenvalue weighted by molar-refractivity contribution is -0.138. The van der Waals surface area contributed by atoms with Gasteiger partial charge in [0.1, 0.15) is 0 Å². The highest BCUT2D eigenvalue weighted by atomic mass is 19.4. The zero-order valence-electron chi connectivity index (χ0n) is 12.4. The standard InChI is InChI=1S/C15H18F3N3O2/c16-15(17,18)12-4-2-1-3-11(12)9-20-14(23)21-7-5-10(6-8-21)13(19)22/h1-4,10H,5-9H2,(H2,19,22)(H,20,23). The molecule has 0 radical (unpaired) electrons. The molecular weight excluding hydrogens is 311 g/mol. The summed E-state index contributed by atoms with van der Waals surface area (Å²) in [7, 11) is 0. The Hall–Kier alpha value is -2.25. The zero-order chi connectivity index (χ0) is 17.0. The summed E-state index contributed by atoms with van der Waals surface area (Å²) in [6.07, 6.45) is -3.51. The van der Waals surface area contributed by atoms with Gasteiger partial charge in [-0.15, -0.1) is 0 Å². The van der Waals surface area contributed by atoms with Crippen molar-refractivity contribution in [2.24, 2.45) is 11.7 Å². The normalized spacial score (nSPS) is 16.2. The molecule has 0 unspecified atom stereocenters. The van der Waals surface area contributed by atoms with E-state index in [-0.39, 0.29) is 23.9 Å². The van der Waals surface area contributed by atoms with Gasteiger partial charge in [-0.25, -0.2) is 4.79 Å². The minimum atomic E-state index is -4.46. The van der Waals surface area contributed by atoms with E-state index >= 15 is 0 Å². The fourth-order valence-electron chi connectivity index (χ4n) is 2.60. The van der Waals surface area contributed by atoms with Gasteiger partial charge in [-0.05, 0) is 24.5 Å². The zero-order valence-corrected chi connectivity index (χ0v) is 12.4. The molecule has 126 valence electrons. The predicted molar refractivity (Wildman–Crippen MR) is 77.2 cm³/mol. The Bertz CT molecular complexity index is 582. The number of nitrogens with two attached hydrogens (primary N) is 1. The van der Waals surface area contributed by atoms with E-state index in [4.69, 9.17) is 5.73 Å². The van der Waals surface area contributed by atoms with Crippen molar-refractivity contribution >= 4 is 11.9 Å². The predicted octanol–water partition coefficient (Wildman–Crippen LogP) is 2.11. The van der Waals surface area contributed by atoms with Crippen LogP contribution >= 0.6 is 0 Å². The Kier molecular flexibility index (Phi) is 5.12. The maximum Gasteiger partial charge on any atom is 0.416 e. The molecule has 23 heavy (non-hydrogen) atoms. The number of primary amides is 1. The summed E-state index contributed by atoms with van der Waals surface area (Å²) in [4.78, 5) is 24.6. The van der Waals surface area contributed by atoms with E-state index in [0.717, 1.165) is 6.07 Å². The fourth-order valence-corrected chi connectivity index (χ4v) is 2.60. The number of carbonyl (C=O) groups excluding carboxylic acids is 2. The van der Waals surface area contributed by atoms with E-state index in [2.05, 4.69) is 5.32 Å². The minimum Gasteiger partial charge on any atom is -0.369 e. The molecule has 0 aromatic heterocycles. The average molecular weight is 329 g/mol. The van der Waals surface area contributed by atoms with E-state index in [9.17, 15) is 22.8 Å². The van der Waals surface area contributed by atoms with Crippen molar-refractivity contribution in [3.05, 3.63) is 35.4 Å². The van der Waals surface area contributed by atoms with Gasteiger partial charge in [0.2, 0.25) is 5.91 Å². The summed E-state index contributed by atoms with van der Waals surface area (Å²) in [5.41, 5.74) is 4.47.